The van der Waals surface area contributed by atoms with E-state index in [2.05, 4.69) is 67.3 Å². The van der Waals surface area contributed by atoms with Gasteiger partial charge in [0.2, 0.25) is 0 Å². The maximum Gasteiger partial charge on any atom is 0.308 e. The summed E-state index contributed by atoms with van der Waals surface area (Å²) in [5.74, 6) is 0.0229. The van der Waals surface area contributed by atoms with Crippen molar-refractivity contribution in [1.82, 2.24) is 4.90 Å². The first-order valence-electron chi connectivity index (χ1n) is 10.2. The molecule has 0 aliphatic heterocycles. The molecule has 0 saturated heterocycles. The molecule has 0 aromatic heterocycles. The van der Waals surface area contributed by atoms with Gasteiger partial charge in [-0.25, -0.2) is 0 Å². The van der Waals surface area contributed by atoms with Gasteiger partial charge in [0.05, 0.1) is 5.92 Å². The van der Waals surface area contributed by atoms with Gasteiger partial charge < -0.3 is 4.74 Å². The fraction of sp³-hybridized carbons (Fsp3) is 0.458. The molecule has 0 unspecified atom stereocenters. The van der Waals surface area contributed by atoms with Gasteiger partial charge >= 0.3 is 5.97 Å². The lowest BCUT2D eigenvalue weighted by atomic mass is 9.99. The quantitative estimate of drug-likeness (QED) is 0.467. The van der Waals surface area contributed by atoms with E-state index >= 15 is 0 Å². The lowest BCUT2D eigenvalue weighted by molar-refractivity contribution is -0.149. The van der Waals surface area contributed by atoms with Crippen LogP contribution >= 0.6 is 0 Å². The summed E-state index contributed by atoms with van der Waals surface area (Å²) in [6.45, 7) is 7.12. The topological polar surface area (TPSA) is 29.5 Å². The summed E-state index contributed by atoms with van der Waals surface area (Å²) in [4.78, 5) is 14.7. The highest BCUT2D eigenvalue weighted by Gasteiger charge is 2.18. The van der Waals surface area contributed by atoms with Gasteiger partial charge in [0.15, 0.2) is 0 Å². The SMILES string of the molecule is CCCC(CCC)C(=O)OCCN(Cc1ccccc1)Cc1ccccc1. The zero-order chi connectivity index (χ0) is 19.3. The molecule has 0 bridgehead atoms. The largest absolute Gasteiger partial charge is 0.464 e. The van der Waals surface area contributed by atoms with Crippen LogP contribution < -0.4 is 0 Å². The van der Waals surface area contributed by atoms with E-state index < -0.39 is 0 Å². The van der Waals surface area contributed by atoms with E-state index in [0.717, 1.165) is 45.3 Å². The number of nitrogens with zero attached hydrogens (tertiary/aromatic N) is 1. The standard InChI is InChI=1S/C24H33NO2/c1-3-11-23(12-4-2)24(26)27-18-17-25(19-21-13-7-5-8-14-21)20-22-15-9-6-10-16-22/h5-10,13-16,23H,3-4,11-12,17-20H2,1-2H3. The fourth-order valence-electron chi connectivity index (χ4n) is 3.37. The molecule has 0 saturated carbocycles. The molecule has 0 aliphatic carbocycles. The number of benzene rings is 2. The number of carbonyl (C=O) groups is 1. The maximum absolute atomic E-state index is 12.4. The molecule has 0 amide bonds. The number of carbonyl (C=O) groups excluding carboxylic acids is 1. The van der Waals surface area contributed by atoms with E-state index in [0.29, 0.717) is 6.61 Å². The third kappa shape index (κ3) is 7.96. The molecule has 0 aliphatic rings. The predicted octanol–water partition coefficient (Wildman–Crippen LogP) is 5.45. The van der Waals surface area contributed by atoms with Gasteiger partial charge in [0.1, 0.15) is 6.61 Å². The second-order valence-electron chi connectivity index (χ2n) is 7.12. The van der Waals surface area contributed by atoms with E-state index in [4.69, 9.17) is 4.74 Å². The highest BCUT2D eigenvalue weighted by atomic mass is 16.5. The van der Waals surface area contributed by atoms with Crippen LogP contribution in [0.1, 0.15) is 50.7 Å². The van der Waals surface area contributed by atoms with Crippen molar-refractivity contribution < 1.29 is 9.53 Å². The van der Waals surface area contributed by atoms with Crippen molar-refractivity contribution >= 4 is 5.97 Å². The molecule has 2 aromatic carbocycles. The normalized spacial score (nSPS) is 11.1. The number of hydrogen-bond donors (Lipinski definition) is 0. The summed E-state index contributed by atoms with van der Waals surface area (Å²) < 4.78 is 5.63. The summed E-state index contributed by atoms with van der Waals surface area (Å²) in [5.41, 5.74) is 2.55. The summed E-state index contributed by atoms with van der Waals surface area (Å²) in [7, 11) is 0. The van der Waals surface area contributed by atoms with Crippen LogP contribution in [0.15, 0.2) is 60.7 Å². The highest BCUT2D eigenvalue weighted by molar-refractivity contribution is 5.72. The second-order valence-corrected chi connectivity index (χ2v) is 7.12. The van der Waals surface area contributed by atoms with Gasteiger partial charge in [-0.2, -0.15) is 0 Å². The van der Waals surface area contributed by atoms with Gasteiger partial charge in [-0.3, -0.25) is 9.69 Å². The second kappa shape index (κ2) is 12.3. The van der Waals surface area contributed by atoms with Gasteiger partial charge in [-0.05, 0) is 24.0 Å². The van der Waals surface area contributed by atoms with Crippen LogP contribution in [0.4, 0.5) is 0 Å². The Bertz CT molecular complexity index is 594. The predicted molar refractivity (Wildman–Crippen MR) is 111 cm³/mol. The fourth-order valence-corrected chi connectivity index (χ4v) is 3.37. The lowest BCUT2D eigenvalue weighted by Crippen LogP contribution is -2.29. The maximum atomic E-state index is 12.4. The lowest BCUT2D eigenvalue weighted by Gasteiger charge is -2.23. The van der Waals surface area contributed by atoms with Crippen molar-refractivity contribution in [1.29, 1.82) is 0 Å². The Morgan fingerprint density at radius 3 is 1.78 bits per heavy atom. The van der Waals surface area contributed by atoms with Crippen LogP contribution in [0, 0.1) is 5.92 Å². The van der Waals surface area contributed by atoms with Crippen molar-refractivity contribution in [3.63, 3.8) is 0 Å². The molecule has 146 valence electrons. The first kappa shape index (κ1) is 21.2. The molecule has 0 fully saturated rings. The van der Waals surface area contributed by atoms with Crippen LogP contribution in [-0.4, -0.2) is 24.0 Å². The van der Waals surface area contributed by atoms with Crippen LogP contribution in [-0.2, 0) is 22.6 Å². The zero-order valence-corrected chi connectivity index (χ0v) is 16.8. The number of rotatable bonds is 12. The molecule has 27 heavy (non-hydrogen) atoms. The molecular weight excluding hydrogens is 334 g/mol. The molecule has 2 rings (SSSR count). The van der Waals surface area contributed by atoms with Crippen molar-refractivity contribution in [3.8, 4) is 0 Å². The van der Waals surface area contributed by atoms with Crippen molar-refractivity contribution in [2.75, 3.05) is 13.2 Å². The Kier molecular flexibility index (Phi) is 9.64. The third-order valence-corrected chi connectivity index (χ3v) is 4.76. The van der Waals surface area contributed by atoms with Crippen LogP contribution in [0.2, 0.25) is 0 Å². The van der Waals surface area contributed by atoms with E-state index in [-0.39, 0.29) is 11.9 Å². The minimum atomic E-state index is -0.0296. The Morgan fingerprint density at radius 2 is 1.33 bits per heavy atom. The molecule has 0 atom stereocenters. The van der Waals surface area contributed by atoms with E-state index in [9.17, 15) is 4.79 Å². The summed E-state index contributed by atoms with van der Waals surface area (Å²) >= 11 is 0. The number of hydrogen-bond acceptors (Lipinski definition) is 3. The summed E-state index contributed by atoms with van der Waals surface area (Å²) in [6.07, 6.45) is 3.89. The first-order valence-corrected chi connectivity index (χ1v) is 10.2. The Morgan fingerprint density at radius 1 is 0.852 bits per heavy atom. The number of esters is 1. The van der Waals surface area contributed by atoms with E-state index in [1.54, 1.807) is 0 Å². The zero-order valence-electron chi connectivity index (χ0n) is 16.8. The molecule has 3 nitrogen and oxygen atoms in total. The minimum Gasteiger partial charge on any atom is -0.464 e. The van der Waals surface area contributed by atoms with Crippen LogP contribution in [0.5, 0.6) is 0 Å². The van der Waals surface area contributed by atoms with Crippen LogP contribution in [0.25, 0.3) is 0 Å². The Labute approximate surface area is 164 Å². The molecule has 2 aromatic rings. The number of ether oxygens (including phenoxy) is 1. The Hall–Kier alpha value is -2.13. The van der Waals surface area contributed by atoms with Gasteiger partial charge in [-0.1, -0.05) is 87.4 Å². The average Bonchev–Trinajstić information content (AvgIpc) is 2.69. The molecule has 0 heterocycles. The van der Waals surface area contributed by atoms with Crippen molar-refractivity contribution in [2.24, 2.45) is 5.92 Å². The molecular formula is C24H33NO2. The van der Waals surface area contributed by atoms with E-state index in [1.165, 1.54) is 11.1 Å². The molecule has 0 spiro atoms. The summed E-state index contributed by atoms with van der Waals surface area (Å²) in [5, 5.41) is 0. The average molecular weight is 368 g/mol. The molecule has 0 N–H and O–H groups in total. The van der Waals surface area contributed by atoms with Gasteiger partial charge in [0.25, 0.3) is 0 Å². The highest BCUT2D eigenvalue weighted by Crippen LogP contribution is 2.16. The van der Waals surface area contributed by atoms with Crippen LogP contribution in [0.3, 0.4) is 0 Å². The first-order chi connectivity index (χ1) is 13.2. The molecule has 3 heteroatoms. The van der Waals surface area contributed by atoms with Gasteiger partial charge in [0, 0.05) is 19.6 Å². The van der Waals surface area contributed by atoms with Crippen molar-refractivity contribution in [3.05, 3.63) is 71.8 Å². The summed E-state index contributed by atoms with van der Waals surface area (Å²) in [6, 6.07) is 20.9. The minimum absolute atomic E-state index is 0.0296. The Balaban J connectivity index is 1.91. The smallest absolute Gasteiger partial charge is 0.308 e. The van der Waals surface area contributed by atoms with Crippen molar-refractivity contribution in [2.45, 2.75) is 52.6 Å². The van der Waals surface area contributed by atoms with Gasteiger partial charge in [-0.15, -0.1) is 0 Å². The third-order valence-electron chi connectivity index (χ3n) is 4.76. The molecule has 0 radical (unpaired) electrons. The monoisotopic (exact) mass is 367 g/mol. The van der Waals surface area contributed by atoms with E-state index in [1.807, 2.05) is 12.1 Å².